The van der Waals surface area contributed by atoms with Crippen molar-refractivity contribution in [3.05, 3.63) is 79.1 Å². The van der Waals surface area contributed by atoms with Gasteiger partial charge in [0, 0.05) is 36.7 Å². The van der Waals surface area contributed by atoms with E-state index in [4.69, 9.17) is 11.0 Å². The maximum Gasteiger partial charge on any atom is 0.241 e. The summed E-state index contributed by atoms with van der Waals surface area (Å²) in [5, 5.41) is 8.81. The number of hydrogen-bond donors (Lipinski definition) is 2. The maximum absolute atomic E-state index is 13.0. The lowest BCUT2D eigenvalue weighted by molar-refractivity contribution is 0.579. The largest absolute Gasteiger partial charge is 0.369 e. The molecule has 0 unspecified atom stereocenters. The number of anilines is 1. The number of nitrogens with two attached hydrogens (primary N) is 1. The van der Waals surface area contributed by atoms with Crippen molar-refractivity contribution >= 4 is 21.7 Å². The van der Waals surface area contributed by atoms with Gasteiger partial charge in [-0.05, 0) is 30.2 Å². The third-order valence-electron chi connectivity index (χ3n) is 4.53. The molecule has 0 spiro atoms. The Labute approximate surface area is 181 Å². The van der Waals surface area contributed by atoms with Crippen LogP contribution in [0.1, 0.15) is 6.42 Å². The lowest BCUT2D eigenvalue weighted by atomic mass is 10.1. The summed E-state index contributed by atoms with van der Waals surface area (Å²) in [5.41, 5.74) is 8.08. The summed E-state index contributed by atoms with van der Waals surface area (Å²) in [6.45, 7) is 0.552. The molecule has 9 heteroatoms. The standard InChI is InChI=1S/C22H22N6O2S/c23-17-26-22(24)28(19-11-14-25-15-12-19)16-6-13-27-31(29,30)21-10-5-4-9-20(21)18-7-2-1-3-8-18/h1-5,7-12,14-15,27H,6,13,16H2,(H2,24,26). The number of sulfonamides is 1. The van der Waals surface area contributed by atoms with Crippen LogP contribution in [-0.4, -0.2) is 32.5 Å². The number of benzene rings is 2. The van der Waals surface area contributed by atoms with E-state index in [-0.39, 0.29) is 17.4 Å². The average Bonchev–Trinajstić information content (AvgIpc) is 2.80. The molecule has 0 aliphatic carbocycles. The van der Waals surface area contributed by atoms with Crippen LogP contribution < -0.4 is 15.4 Å². The van der Waals surface area contributed by atoms with Crippen LogP contribution in [0.4, 0.5) is 5.69 Å². The summed E-state index contributed by atoms with van der Waals surface area (Å²) < 4.78 is 28.6. The van der Waals surface area contributed by atoms with Gasteiger partial charge in [-0.15, -0.1) is 4.99 Å². The number of nitriles is 1. The smallest absolute Gasteiger partial charge is 0.241 e. The van der Waals surface area contributed by atoms with Gasteiger partial charge in [-0.25, -0.2) is 13.1 Å². The second-order valence-electron chi connectivity index (χ2n) is 6.54. The molecular weight excluding hydrogens is 412 g/mol. The van der Waals surface area contributed by atoms with Crippen LogP contribution in [0.5, 0.6) is 0 Å². The number of guanidine groups is 1. The molecule has 0 saturated heterocycles. The Balaban J connectivity index is 1.70. The van der Waals surface area contributed by atoms with Crippen LogP contribution in [0.3, 0.4) is 0 Å². The fourth-order valence-corrected chi connectivity index (χ4v) is 4.39. The van der Waals surface area contributed by atoms with Gasteiger partial charge in [-0.3, -0.25) is 4.98 Å². The van der Waals surface area contributed by atoms with Crippen molar-refractivity contribution < 1.29 is 8.42 Å². The molecule has 31 heavy (non-hydrogen) atoms. The van der Waals surface area contributed by atoms with Crippen LogP contribution in [0, 0.1) is 11.5 Å². The summed E-state index contributed by atoms with van der Waals surface area (Å²) in [7, 11) is -3.72. The molecule has 3 rings (SSSR count). The van der Waals surface area contributed by atoms with Crippen LogP contribution in [0.25, 0.3) is 11.1 Å². The molecule has 0 fully saturated rings. The van der Waals surface area contributed by atoms with E-state index in [2.05, 4.69) is 14.7 Å². The van der Waals surface area contributed by atoms with Crippen molar-refractivity contribution in [1.29, 1.82) is 5.26 Å². The Morgan fingerprint density at radius 3 is 2.45 bits per heavy atom. The fourth-order valence-electron chi connectivity index (χ4n) is 3.09. The molecule has 1 aromatic heterocycles. The SMILES string of the molecule is N#CN=C(N)N(CCCNS(=O)(=O)c1ccccc1-c1ccccc1)c1ccncc1. The first kappa shape index (κ1) is 22.0. The Kier molecular flexibility index (Phi) is 7.32. The van der Waals surface area contributed by atoms with Gasteiger partial charge in [0.2, 0.25) is 22.2 Å². The second-order valence-corrected chi connectivity index (χ2v) is 8.28. The molecule has 3 aromatic rings. The van der Waals surface area contributed by atoms with Gasteiger partial charge in [0.05, 0.1) is 4.90 Å². The molecule has 0 aliphatic rings. The summed E-state index contributed by atoms with van der Waals surface area (Å²) in [5.74, 6) is 0.0333. The molecule has 0 radical (unpaired) electrons. The Morgan fingerprint density at radius 1 is 1.06 bits per heavy atom. The van der Waals surface area contributed by atoms with Crippen LogP contribution in [-0.2, 0) is 10.0 Å². The van der Waals surface area contributed by atoms with Gasteiger partial charge in [-0.1, -0.05) is 48.5 Å². The van der Waals surface area contributed by atoms with Crippen LogP contribution in [0.2, 0.25) is 0 Å². The minimum absolute atomic E-state index is 0.0333. The zero-order valence-corrected chi connectivity index (χ0v) is 17.5. The highest BCUT2D eigenvalue weighted by molar-refractivity contribution is 7.89. The predicted molar refractivity (Wildman–Crippen MR) is 121 cm³/mol. The molecule has 2 aromatic carbocycles. The van der Waals surface area contributed by atoms with E-state index in [9.17, 15) is 8.42 Å². The first-order valence-corrected chi connectivity index (χ1v) is 11.0. The van der Waals surface area contributed by atoms with E-state index in [0.29, 0.717) is 24.2 Å². The molecule has 158 valence electrons. The van der Waals surface area contributed by atoms with Gasteiger partial charge in [0.25, 0.3) is 0 Å². The minimum atomic E-state index is -3.72. The molecule has 0 saturated carbocycles. The lowest BCUT2D eigenvalue weighted by Gasteiger charge is -2.22. The number of aliphatic imine (C=N–C) groups is 1. The number of aromatic nitrogens is 1. The number of rotatable bonds is 8. The monoisotopic (exact) mass is 434 g/mol. The Morgan fingerprint density at radius 2 is 1.74 bits per heavy atom. The average molecular weight is 435 g/mol. The van der Waals surface area contributed by atoms with E-state index in [1.807, 2.05) is 36.4 Å². The third-order valence-corrected chi connectivity index (χ3v) is 6.05. The molecule has 1 heterocycles. The summed E-state index contributed by atoms with van der Waals surface area (Å²) in [4.78, 5) is 9.41. The maximum atomic E-state index is 13.0. The molecule has 0 atom stereocenters. The van der Waals surface area contributed by atoms with Gasteiger partial charge in [0.1, 0.15) is 0 Å². The highest BCUT2D eigenvalue weighted by Gasteiger charge is 2.19. The zero-order chi connectivity index (χ0) is 22.1. The van der Waals surface area contributed by atoms with Gasteiger partial charge in [-0.2, -0.15) is 5.26 Å². The zero-order valence-electron chi connectivity index (χ0n) is 16.7. The van der Waals surface area contributed by atoms with Crippen molar-refractivity contribution in [2.45, 2.75) is 11.3 Å². The molecule has 0 bridgehead atoms. The van der Waals surface area contributed by atoms with Crippen molar-refractivity contribution in [3.63, 3.8) is 0 Å². The molecule has 8 nitrogen and oxygen atoms in total. The number of nitrogens with zero attached hydrogens (tertiary/aromatic N) is 4. The minimum Gasteiger partial charge on any atom is -0.369 e. The quantitative estimate of drug-likeness (QED) is 0.243. The number of hydrogen-bond acceptors (Lipinski definition) is 5. The first-order chi connectivity index (χ1) is 15.0. The van der Waals surface area contributed by atoms with E-state index in [1.165, 1.54) is 0 Å². The lowest BCUT2D eigenvalue weighted by Crippen LogP contribution is -2.39. The van der Waals surface area contributed by atoms with Gasteiger partial charge in [0.15, 0.2) is 0 Å². The summed E-state index contributed by atoms with van der Waals surface area (Å²) in [6.07, 6.45) is 5.32. The van der Waals surface area contributed by atoms with Gasteiger partial charge >= 0.3 is 0 Å². The topological polar surface area (TPSA) is 124 Å². The van der Waals surface area contributed by atoms with Crippen molar-refractivity contribution in [2.75, 3.05) is 18.0 Å². The molecule has 0 amide bonds. The highest BCUT2D eigenvalue weighted by atomic mass is 32.2. The molecule has 0 aliphatic heterocycles. The predicted octanol–water partition coefficient (Wildman–Crippen LogP) is 2.72. The van der Waals surface area contributed by atoms with Crippen molar-refractivity contribution in [1.82, 2.24) is 9.71 Å². The molecule has 3 N–H and O–H groups in total. The summed E-state index contributed by atoms with van der Waals surface area (Å²) >= 11 is 0. The normalized spacial score (nSPS) is 11.6. The summed E-state index contributed by atoms with van der Waals surface area (Å²) in [6, 6.07) is 19.7. The van der Waals surface area contributed by atoms with Crippen molar-refractivity contribution in [2.24, 2.45) is 10.7 Å². The highest BCUT2D eigenvalue weighted by Crippen LogP contribution is 2.26. The Hall–Kier alpha value is -3.74. The first-order valence-electron chi connectivity index (χ1n) is 9.57. The number of nitrogens with one attached hydrogen (secondary N) is 1. The van der Waals surface area contributed by atoms with Crippen LogP contribution in [0.15, 0.2) is 89.0 Å². The van der Waals surface area contributed by atoms with Crippen molar-refractivity contribution in [3.8, 4) is 17.3 Å². The third kappa shape index (κ3) is 5.66. The molecular formula is C22H22N6O2S. The van der Waals surface area contributed by atoms with E-state index >= 15 is 0 Å². The fraction of sp³-hybridized carbons (Fsp3) is 0.136. The van der Waals surface area contributed by atoms with Crippen LogP contribution >= 0.6 is 0 Å². The second kappa shape index (κ2) is 10.3. The number of pyridine rings is 1. The Bertz CT molecular complexity index is 1180. The van der Waals surface area contributed by atoms with E-state index in [1.54, 1.807) is 53.8 Å². The van der Waals surface area contributed by atoms with Gasteiger partial charge < -0.3 is 10.6 Å². The van der Waals surface area contributed by atoms with E-state index < -0.39 is 10.0 Å². The van der Waals surface area contributed by atoms with E-state index in [0.717, 1.165) is 5.56 Å².